The van der Waals surface area contributed by atoms with Crippen molar-refractivity contribution in [2.24, 2.45) is 5.92 Å². The molecule has 2 saturated heterocycles. The monoisotopic (exact) mass is 273 g/mol. The lowest BCUT2D eigenvalue weighted by Crippen LogP contribution is -2.51. The molecule has 108 valence electrons. The molecular weight excluding hydrogens is 250 g/mol. The van der Waals surface area contributed by atoms with Gasteiger partial charge in [0.1, 0.15) is 0 Å². The number of hydrogen-bond donors (Lipinski definition) is 2. The number of carbonyl (C=O) groups is 1. The largest absolute Gasteiger partial charge is 0.339 e. The van der Waals surface area contributed by atoms with Crippen LogP contribution in [0.25, 0.3) is 0 Å². The zero-order valence-electron chi connectivity index (χ0n) is 11.8. The topological polar surface area (TPSA) is 44.4 Å². The van der Waals surface area contributed by atoms with Gasteiger partial charge in [0.2, 0.25) is 5.91 Å². The van der Waals surface area contributed by atoms with Gasteiger partial charge in [0, 0.05) is 31.6 Å². The maximum absolute atomic E-state index is 12.6. The smallest absolute Gasteiger partial charge is 0.225 e. The van der Waals surface area contributed by atoms with Crippen LogP contribution < -0.4 is 10.6 Å². The summed E-state index contributed by atoms with van der Waals surface area (Å²) in [5.41, 5.74) is 1.27. The fourth-order valence-corrected chi connectivity index (χ4v) is 3.19. The zero-order chi connectivity index (χ0) is 13.8. The zero-order valence-corrected chi connectivity index (χ0v) is 11.8. The Labute approximate surface area is 120 Å². The Balaban J connectivity index is 1.64. The summed E-state index contributed by atoms with van der Waals surface area (Å²) in [6.07, 6.45) is 1.97. The fourth-order valence-electron chi connectivity index (χ4n) is 3.19. The molecule has 0 saturated carbocycles. The Morgan fingerprint density at radius 1 is 1.10 bits per heavy atom. The molecule has 4 nitrogen and oxygen atoms in total. The van der Waals surface area contributed by atoms with Gasteiger partial charge in [-0.05, 0) is 31.5 Å². The van der Waals surface area contributed by atoms with Gasteiger partial charge in [0.15, 0.2) is 0 Å². The van der Waals surface area contributed by atoms with Crippen LogP contribution in [-0.4, -0.2) is 43.5 Å². The Bertz CT molecular complexity index is 442. The van der Waals surface area contributed by atoms with Crippen LogP contribution in [0.4, 0.5) is 0 Å². The Morgan fingerprint density at radius 2 is 1.85 bits per heavy atom. The van der Waals surface area contributed by atoms with Crippen LogP contribution in [0.2, 0.25) is 0 Å². The highest BCUT2D eigenvalue weighted by Gasteiger charge is 2.29. The van der Waals surface area contributed by atoms with Crippen LogP contribution in [0.15, 0.2) is 30.3 Å². The van der Waals surface area contributed by atoms with E-state index in [1.165, 1.54) is 5.56 Å². The first-order valence-corrected chi connectivity index (χ1v) is 7.62. The third-order valence-corrected chi connectivity index (χ3v) is 4.38. The second-order valence-corrected chi connectivity index (χ2v) is 5.73. The molecule has 2 fully saturated rings. The molecule has 0 aromatic heterocycles. The molecule has 1 unspecified atom stereocenters. The van der Waals surface area contributed by atoms with Crippen molar-refractivity contribution in [1.29, 1.82) is 0 Å². The van der Waals surface area contributed by atoms with E-state index in [-0.39, 0.29) is 12.0 Å². The quantitative estimate of drug-likeness (QED) is 0.850. The lowest BCUT2D eigenvalue weighted by Gasteiger charge is -2.36. The van der Waals surface area contributed by atoms with Gasteiger partial charge in [0.25, 0.3) is 0 Å². The molecule has 1 aromatic rings. The number of carbonyl (C=O) groups excluding carboxylic acids is 1. The summed E-state index contributed by atoms with van der Waals surface area (Å²) in [7, 11) is 0. The molecule has 0 aliphatic carbocycles. The summed E-state index contributed by atoms with van der Waals surface area (Å²) >= 11 is 0. The molecule has 2 heterocycles. The average molecular weight is 273 g/mol. The first-order valence-electron chi connectivity index (χ1n) is 7.62. The van der Waals surface area contributed by atoms with E-state index in [1.54, 1.807) is 0 Å². The minimum absolute atomic E-state index is 0.228. The molecule has 0 bridgehead atoms. The molecule has 2 aliphatic heterocycles. The van der Waals surface area contributed by atoms with Crippen molar-refractivity contribution >= 4 is 5.91 Å². The summed E-state index contributed by atoms with van der Waals surface area (Å²) in [6.45, 7) is 4.48. The van der Waals surface area contributed by atoms with Gasteiger partial charge in [0.05, 0.1) is 0 Å². The van der Waals surface area contributed by atoms with Gasteiger partial charge in [-0.2, -0.15) is 0 Å². The summed E-state index contributed by atoms with van der Waals surface area (Å²) in [5.74, 6) is 0.583. The molecule has 0 spiro atoms. The number of nitrogens with zero attached hydrogens (tertiary/aromatic N) is 1. The van der Waals surface area contributed by atoms with E-state index >= 15 is 0 Å². The first-order chi connectivity index (χ1) is 9.84. The Kier molecular flexibility index (Phi) is 4.33. The maximum Gasteiger partial charge on any atom is 0.225 e. The molecule has 20 heavy (non-hydrogen) atoms. The van der Waals surface area contributed by atoms with Crippen LogP contribution in [0.3, 0.4) is 0 Å². The van der Waals surface area contributed by atoms with Gasteiger partial charge in [-0.25, -0.2) is 0 Å². The minimum atomic E-state index is 0.228. The molecule has 1 amide bonds. The van der Waals surface area contributed by atoms with Crippen LogP contribution >= 0.6 is 0 Å². The van der Waals surface area contributed by atoms with E-state index in [9.17, 15) is 4.79 Å². The van der Waals surface area contributed by atoms with Crippen LogP contribution in [0.5, 0.6) is 0 Å². The van der Waals surface area contributed by atoms with E-state index in [0.717, 1.165) is 45.6 Å². The van der Waals surface area contributed by atoms with Crippen LogP contribution in [0, 0.1) is 5.92 Å². The van der Waals surface area contributed by atoms with Crippen molar-refractivity contribution in [2.75, 3.05) is 32.7 Å². The first kappa shape index (κ1) is 13.6. The molecule has 0 radical (unpaired) electrons. The number of piperazine rings is 1. The van der Waals surface area contributed by atoms with Crippen LogP contribution in [0.1, 0.15) is 24.4 Å². The lowest BCUT2D eigenvalue weighted by atomic mass is 9.95. The number of nitrogens with one attached hydrogen (secondary N) is 2. The van der Waals surface area contributed by atoms with Crippen molar-refractivity contribution in [1.82, 2.24) is 15.5 Å². The number of rotatable bonds is 2. The van der Waals surface area contributed by atoms with Crippen molar-refractivity contribution in [3.05, 3.63) is 35.9 Å². The number of amides is 1. The van der Waals surface area contributed by atoms with Crippen LogP contribution in [-0.2, 0) is 4.79 Å². The maximum atomic E-state index is 12.6. The molecular formula is C16H23N3O. The summed E-state index contributed by atoms with van der Waals surface area (Å²) in [6, 6.07) is 10.7. The van der Waals surface area contributed by atoms with Gasteiger partial charge >= 0.3 is 0 Å². The molecule has 4 heteroatoms. The Morgan fingerprint density at radius 3 is 2.60 bits per heavy atom. The van der Waals surface area contributed by atoms with E-state index < -0.39 is 0 Å². The highest BCUT2D eigenvalue weighted by Crippen LogP contribution is 2.21. The Hall–Kier alpha value is -1.39. The summed E-state index contributed by atoms with van der Waals surface area (Å²) < 4.78 is 0. The lowest BCUT2D eigenvalue weighted by molar-refractivity contribution is -0.137. The number of hydrogen-bond acceptors (Lipinski definition) is 3. The predicted molar refractivity (Wildman–Crippen MR) is 79.4 cm³/mol. The van der Waals surface area contributed by atoms with E-state index in [1.807, 2.05) is 6.07 Å². The normalized spacial score (nSPS) is 24.6. The summed E-state index contributed by atoms with van der Waals surface area (Å²) in [4.78, 5) is 14.7. The third kappa shape index (κ3) is 3.02. The van der Waals surface area contributed by atoms with E-state index in [0.29, 0.717) is 5.91 Å². The average Bonchev–Trinajstić information content (AvgIpc) is 2.56. The highest BCUT2D eigenvalue weighted by molar-refractivity contribution is 5.79. The van der Waals surface area contributed by atoms with E-state index in [4.69, 9.17) is 0 Å². The van der Waals surface area contributed by atoms with Crippen molar-refractivity contribution in [3.8, 4) is 0 Å². The van der Waals surface area contributed by atoms with Crippen molar-refractivity contribution < 1.29 is 4.79 Å². The SMILES string of the molecule is O=C(C1CCNCC1)N1CCNC(c2ccccc2)C1. The van der Waals surface area contributed by atoms with Gasteiger partial charge in [-0.15, -0.1) is 0 Å². The van der Waals surface area contributed by atoms with Gasteiger partial charge in [-0.3, -0.25) is 4.79 Å². The molecule has 1 aromatic carbocycles. The molecule has 1 atom stereocenters. The summed E-state index contributed by atoms with van der Waals surface area (Å²) in [5, 5.41) is 6.84. The molecule has 2 aliphatic rings. The number of piperidine rings is 1. The van der Waals surface area contributed by atoms with E-state index in [2.05, 4.69) is 39.8 Å². The van der Waals surface area contributed by atoms with Crippen molar-refractivity contribution in [2.45, 2.75) is 18.9 Å². The predicted octanol–water partition coefficient (Wildman–Crippen LogP) is 1.16. The second-order valence-electron chi connectivity index (χ2n) is 5.73. The number of benzene rings is 1. The van der Waals surface area contributed by atoms with Gasteiger partial charge in [-0.1, -0.05) is 30.3 Å². The molecule has 3 rings (SSSR count). The van der Waals surface area contributed by atoms with Gasteiger partial charge < -0.3 is 15.5 Å². The molecule has 2 N–H and O–H groups in total. The standard InChI is InChI=1S/C16H23N3O/c20-16(14-6-8-17-9-7-14)19-11-10-18-15(12-19)13-4-2-1-3-5-13/h1-5,14-15,17-18H,6-12H2. The highest BCUT2D eigenvalue weighted by atomic mass is 16.2. The minimum Gasteiger partial charge on any atom is -0.339 e. The van der Waals surface area contributed by atoms with Crippen molar-refractivity contribution in [3.63, 3.8) is 0 Å². The second kappa shape index (κ2) is 6.37. The third-order valence-electron chi connectivity index (χ3n) is 4.38. The fraction of sp³-hybridized carbons (Fsp3) is 0.562.